The minimum atomic E-state index is -0.355. The van der Waals surface area contributed by atoms with E-state index in [9.17, 15) is 4.79 Å². The number of carbonyl (C=O) groups excluding carboxylic acids is 1. The summed E-state index contributed by atoms with van der Waals surface area (Å²) in [5.74, 6) is 0.328. The van der Waals surface area contributed by atoms with Gasteiger partial charge in [-0.1, -0.05) is 0 Å². The molecule has 1 aliphatic carbocycles. The van der Waals surface area contributed by atoms with Crippen molar-refractivity contribution in [3.05, 3.63) is 41.3 Å². The predicted octanol–water partition coefficient (Wildman–Crippen LogP) is 2.61. The van der Waals surface area contributed by atoms with Gasteiger partial charge >= 0.3 is 5.97 Å². The van der Waals surface area contributed by atoms with Crippen LogP contribution in [0.4, 0.5) is 0 Å². The topological polar surface area (TPSA) is 66.2 Å². The van der Waals surface area contributed by atoms with Crippen LogP contribution in [0.1, 0.15) is 41.0 Å². The molecule has 2 aromatic rings. The van der Waals surface area contributed by atoms with Crippen LogP contribution in [0.15, 0.2) is 24.4 Å². The van der Waals surface area contributed by atoms with Crippen LogP contribution < -0.4 is 0 Å². The highest BCUT2D eigenvalue weighted by atomic mass is 16.6. The number of aromatic nitrogens is 3. The summed E-state index contributed by atoms with van der Waals surface area (Å²) in [6.45, 7) is 3.90. The molecule has 0 radical (unpaired) electrons. The smallest absolute Gasteiger partial charge is 0.340 e. The zero-order valence-corrected chi connectivity index (χ0v) is 13.7. The highest BCUT2D eigenvalue weighted by molar-refractivity contribution is 5.89. The molecule has 1 aliphatic rings. The molecular formula is C17H21N3O3. The van der Waals surface area contributed by atoms with E-state index in [-0.39, 0.29) is 18.2 Å². The SMILES string of the molecule is CO[C@H]1CCC[C@@H]1OC(=O)c1ccc(-n2nc(C)cc2C)nc1. The van der Waals surface area contributed by atoms with Crippen molar-refractivity contribution in [2.24, 2.45) is 0 Å². The fraction of sp³-hybridized carbons (Fsp3) is 0.471. The zero-order chi connectivity index (χ0) is 16.4. The standard InChI is InChI=1S/C17H21N3O3/c1-11-9-12(2)20(19-11)16-8-7-13(10-18-16)17(21)23-15-6-4-5-14(15)22-3/h7-10,14-15H,4-6H2,1-3H3/t14-,15-/m0/s1. The summed E-state index contributed by atoms with van der Waals surface area (Å²) in [7, 11) is 1.65. The van der Waals surface area contributed by atoms with E-state index in [0.717, 1.165) is 30.7 Å². The first kappa shape index (κ1) is 15.7. The van der Waals surface area contributed by atoms with Crippen molar-refractivity contribution in [3.8, 4) is 5.82 Å². The average Bonchev–Trinajstić information content (AvgIpc) is 3.13. The molecule has 122 valence electrons. The van der Waals surface area contributed by atoms with Crippen molar-refractivity contribution in [3.63, 3.8) is 0 Å². The van der Waals surface area contributed by atoms with Crippen LogP contribution in [0.5, 0.6) is 0 Å². The maximum atomic E-state index is 12.2. The van der Waals surface area contributed by atoms with Gasteiger partial charge < -0.3 is 9.47 Å². The van der Waals surface area contributed by atoms with Crippen molar-refractivity contribution < 1.29 is 14.3 Å². The van der Waals surface area contributed by atoms with E-state index in [1.165, 1.54) is 6.20 Å². The molecule has 1 saturated carbocycles. The maximum Gasteiger partial charge on any atom is 0.340 e. The number of hydrogen-bond donors (Lipinski definition) is 0. The normalized spacial score (nSPS) is 20.7. The number of rotatable bonds is 4. The summed E-state index contributed by atoms with van der Waals surface area (Å²) in [5, 5.41) is 4.38. The number of methoxy groups -OCH3 is 1. The molecule has 1 fully saturated rings. The lowest BCUT2D eigenvalue weighted by Gasteiger charge is -2.18. The molecule has 3 rings (SSSR count). The van der Waals surface area contributed by atoms with Gasteiger partial charge in [-0.05, 0) is 51.3 Å². The molecule has 0 aliphatic heterocycles. The van der Waals surface area contributed by atoms with Crippen molar-refractivity contribution in [1.29, 1.82) is 0 Å². The minimum absolute atomic E-state index is 0.000816. The first-order chi connectivity index (χ1) is 11.1. The van der Waals surface area contributed by atoms with Gasteiger partial charge in [-0.2, -0.15) is 5.10 Å². The van der Waals surface area contributed by atoms with E-state index in [2.05, 4.69) is 10.1 Å². The summed E-state index contributed by atoms with van der Waals surface area (Å²) in [6, 6.07) is 5.48. The molecule has 6 heteroatoms. The Hall–Kier alpha value is -2.21. The van der Waals surface area contributed by atoms with Gasteiger partial charge in [0.25, 0.3) is 0 Å². The third-order valence-corrected chi connectivity index (χ3v) is 4.16. The molecule has 6 nitrogen and oxygen atoms in total. The zero-order valence-electron chi connectivity index (χ0n) is 13.7. The molecule has 2 atom stereocenters. The molecular weight excluding hydrogens is 294 g/mol. The Kier molecular flexibility index (Phi) is 4.43. The van der Waals surface area contributed by atoms with Gasteiger partial charge in [0.1, 0.15) is 6.10 Å². The second-order valence-electron chi connectivity index (χ2n) is 5.89. The minimum Gasteiger partial charge on any atom is -0.456 e. The summed E-state index contributed by atoms with van der Waals surface area (Å²) >= 11 is 0. The van der Waals surface area contributed by atoms with Crippen LogP contribution in [0.25, 0.3) is 5.82 Å². The Morgan fingerprint density at radius 2 is 2.04 bits per heavy atom. The van der Waals surface area contributed by atoms with Crippen LogP contribution in [0, 0.1) is 13.8 Å². The molecule has 23 heavy (non-hydrogen) atoms. The molecule has 0 unspecified atom stereocenters. The van der Waals surface area contributed by atoms with Crippen LogP contribution in [0.2, 0.25) is 0 Å². The van der Waals surface area contributed by atoms with Gasteiger partial charge in [-0.25, -0.2) is 14.5 Å². The van der Waals surface area contributed by atoms with Gasteiger partial charge in [0, 0.05) is 19.0 Å². The van der Waals surface area contributed by atoms with Gasteiger partial charge in [-0.3, -0.25) is 0 Å². The van der Waals surface area contributed by atoms with Gasteiger partial charge in [-0.15, -0.1) is 0 Å². The third kappa shape index (κ3) is 3.27. The largest absolute Gasteiger partial charge is 0.456 e. The Morgan fingerprint density at radius 3 is 2.65 bits per heavy atom. The van der Waals surface area contributed by atoms with Crippen LogP contribution >= 0.6 is 0 Å². The molecule has 0 aromatic carbocycles. The number of carbonyl (C=O) groups is 1. The first-order valence-electron chi connectivity index (χ1n) is 7.82. The fourth-order valence-corrected chi connectivity index (χ4v) is 2.99. The van der Waals surface area contributed by atoms with E-state index < -0.39 is 0 Å². The molecule has 0 spiro atoms. The molecule has 0 saturated heterocycles. The van der Waals surface area contributed by atoms with Crippen molar-refractivity contribution >= 4 is 5.97 Å². The monoisotopic (exact) mass is 315 g/mol. The van der Waals surface area contributed by atoms with E-state index in [1.807, 2.05) is 19.9 Å². The van der Waals surface area contributed by atoms with Gasteiger partial charge in [0.05, 0.1) is 17.4 Å². The number of esters is 1. The second kappa shape index (κ2) is 6.50. The lowest BCUT2D eigenvalue weighted by molar-refractivity contribution is -0.0207. The maximum absolute atomic E-state index is 12.2. The third-order valence-electron chi connectivity index (χ3n) is 4.16. The molecule has 0 amide bonds. The number of pyridine rings is 1. The molecule has 2 heterocycles. The lowest BCUT2D eigenvalue weighted by atomic mass is 10.2. The molecule has 2 aromatic heterocycles. The second-order valence-corrected chi connectivity index (χ2v) is 5.89. The fourth-order valence-electron chi connectivity index (χ4n) is 2.99. The van der Waals surface area contributed by atoms with Crippen LogP contribution in [0.3, 0.4) is 0 Å². The van der Waals surface area contributed by atoms with E-state index in [4.69, 9.17) is 9.47 Å². The highest BCUT2D eigenvalue weighted by Crippen LogP contribution is 2.25. The Morgan fingerprint density at radius 1 is 1.26 bits per heavy atom. The average molecular weight is 315 g/mol. The number of hydrogen-bond acceptors (Lipinski definition) is 5. The number of nitrogens with zero attached hydrogens (tertiary/aromatic N) is 3. The quantitative estimate of drug-likeness (QED) is 0.811. The highest BCUT2D eigenvalue weighted by Gasteiger charge is 2.30. The van der Waals surface area contributed by atoms with Crippen molar-refractivity contribution in [1.82, 2.24) is 14.8 Å². The molecule has 0 N–H and O–H groups in total. The molecule has 0 bridgehead atoms. The van der Waals surface area contributed by atoms with Crippen LogP contribution in [-0.2, 0) is 9.47 Å². The van der Waals surface area contributed by atoms with Crippen molar-refractivity contribution in [2.45, 2.75) is 45.3 Å². The van der Waals surface area contributed by atoms with Gasteiger partial charge in [0.15, 0.2) is 5.82 Å². The lowest BCUT2D eigenvalue weighted by Crippen LogP contribution is -2.27. The Bertz CT molecular complexity index is 694. The predicted molar refractivity (Wildman–Crippen MR) is 84.7 cm³/mol. The van der Waals surface area contributed by atoms with E-state index in [0.29, 0.717) is 11.4 Å². The summed E-state index contributed by atoms with van der Waals surface area (Å²) in [4.78, 5) is 16.6. The van der Waals surface area contributed by atoms with E-state index in [1.54, 1.807) is 23.9 Å². The number of aryl methyl sites for hydroxylation is 2. The summed E-state index contributed by atoms with van der Waals surface area (Å²) < 4.78 is 12.6. The first-order valence-corrected chi connectivity index (χ1v) is 7.82. The summed E-state index contributed by atoms with van der Waals surface area (Å²) in [6.07, 6.45) is 4.17. The summed E-state index contributed by atoms with van der Waals surface area (Å²) in [5.41, 5.74) is 2.37. The Balaban J connectivity index is 1.72. The van der Waals surface area contributed by atoms with Crippen molar-refractivity contribution in [2.75, 3.05) is 7.11 Å². The number of ether oxygens (including phenoxy) is 2. The Labute approximate surface area is 135 Å². The van der Waals surface area contributed by atoms with E-state index >= 15 is 0 Å². The van der Waals surface area contributed by atoms with Gasteiger partial charge in [0.2, 0.25) is 0 Å². The van der Waals surface area contributed by atoms with Crippen LogP contribution in [-0.4, -0.2) is 40.1 Å².